The number of nitrogens with zero attached hydrogens (tertiary/aromatic N) is 5. The molecule has 0 spiro atoms. The van der Waals surface area contributed by atoms with Crippen molar-refractivity contribution >= 4 is 87.8 Å². The Balaban J connectivity index is 0.000000183. The Bertz CT molecular complexity index is 3500. The zero-order valence-corrected chi connectivity index (χ0v) is 45.9. The van der Waals surface area contributed by atoms with E-state index in [1.165, 1.54) is 87.0 Å². The van der Waals surface area contributed by atoms with E-state index in [9.17, 15) is 37.1 Å². The highest BCUT2D eigenvalue weighted by molar-refractivity contribution is 6.33. The van der Waals surface area contributed by atoms with Crippen LogP contribution < -0.4 is 0 Å². The highest BCUT2D eigenvalue weighted by Gasteiger charge is 2.12. The molecule has 1 atom stereocenters. The fourth-order valence-corrected chi connectivity index (χ4v) is 7.83. The van der Waals surface area contributed by atoms with Crippen LogP contribution in [0.1, 0.15) is 55.2 Å². The summed E-state index contributed by atoms with van der Waals surface area (Å²) in [4.78, 5) is 53.1. The molecule has 0 saturated heterocycles. The Hall–Kier alpha value is -7.38. The number of carbonyl (C=O) groups is 3. The van der Waals surface area contributed by atoms with Crippen molar-refractivity contribution in [3.8, 4) is 45.0 Å². The van der Waals surface area contributed by atoms with Gasteiger partial charge >= 0.3 is 11.9 Å². The van der Waals surface area contributed by atoms with Crippen molar-refractivity contribution in [1.82, 2.24) is 24.9 Å². The topological polar surface area (TPSA) is 175 Å². The summed E-state index contributed by atoms with van der Waals surface area (Å²) in [5.41, 5.74) is 7.59. The van der Waals surface area contributed by atoms with Gasteiger partial charge < -0.3 is 19.7 Å². The first-order chi connectivity index (χ1) is 37.7. The zero-order valence-electron chi connectivity index (χ0n) is 41.3. The van der Waals surface area contributed by atoms with Crippen molar-refractivity contribution in [2.75, 3.05) is 14.2 Å². The van der Waals surface area contributed by atoms with Crippen LogP contribution in [0, 0.1) is 23.3 Å². The van der Waals surface area contributed by atoms with Crippen LogP contribution in [0.2, 0.25) is 30.9 Å². The monoisotopic (exact) mass is 1190 g/mol. The van der Waals surface area contributed by atoms with E-state index in [4.69, 9.17) is 74.7 Å². The van der Waals surface area contributed by atoms with Gasteiger partial charge in [-0.05, 0) is 176 Å². The van der Waals surface area contributed by atoms with Crippen molar-refractivity contribution in [3.05, 3.63) is 240 Å². The first-order valence-electron chi connectivity index (χ1n) is 22.6. The number of aromatic nitrogens is 5. The molecule has 9 aromatic rings. The number of benzene rings is 4. The van der Waals surface area contributed by atoms with Gasteiger partial charge in [0, 0.05) is 27.8 Å². The van der Waals surface area contributed by atoms with Crippen LogP contribution in [0.3, 0.4) is 0 Å². The van der Waals surface area contributed by atoms with Crippen molar-refractivity contribution < 1.29 is 51.6 Å². The molecule has 5 heterocycles. The van der Waals surface area contributed by atoms with E-state index < -0.39 is 18.0 Å². The number of carbonyl (C=O) groups excluding carboxylic acids is 3. The number of ether oxygens (including phenoxy) is 2. The SMILES string of the molecule is CC(O)c1cc(Cl)nc(-c2ccc(F)cc2)c1.COC(=O)c1cc(Cl)nc(-c2ccc(F)cc2)c1.COC(=O)c1cc(Cl)nc(Cl)c1.O=Cc1cc(Cl)nc(-c2ccc(F)cc2)c1.OCc1cc(Cl)nc(-c2ccc(F)cc2)c1. The van der Waals surface area contributed by atoms with Gasteiger partial charge in [-0.25, -0.2) is 52.1 Å². The molecular weight excluding hydrogens is 1160 g/mol. The number of hydrogen-bond donors (Lipinski definition) is 2. The van der Waals surface area contributed by atoms with Crippen LogP contribution >= 0.6 is 69.6 Å². The molecule has 12 nitrogen and oxygen atoms in total. The number of esters is 2. The van der Waals surface area contributed by atoms with Crippen LogP contribution in [0.25, 0.3) is 45.0 Å². The van der Waals surface area contributed by atoms with Crippen LogP contribution in [0.15, 0.2) is 158 Å². The van der Waals surface area contributed by atoms with Crippen molar-refractivity contribution in [2.45, 2.75) is 19.6 Å². The van der Waals surface area contributed by atoms with E-state index in [1.807, 2.05) is 0 Å². The average molecular weight is 1200 g/mol. The van der Waals surface area contributed by atoms with E-state index in [0.717, 1.165) is 11.1 Å². The normalized spacial score (nSPS) is 10.6. The van der Waals surface area contributed by atoms with Crippen LogP contribution in [-0.2, 0) is 16.1 Å². The van der Waals surface area contributed by atoms with Gasteiger partial charge in [-0.15, -0.1) is 0 Å². The predicted octanol–water partition coefficient (Wildman–Crippen LogP) is 15.5. The molecule has 1 unspecified atom stereocenters. The lowest BCUT2D eigenvalue weighted by atomic mass is 10.1. The molecule has 0 bridgehead atoms. The summed E-state index contributed by atoms with van der Waals surface area (Å²) in [5.74, 6) is -2.24. The molecule has 22 heteroatoms. The minimum atomic E-state index is -0.616. The van der Waals surface area contributed by atoms with E-state index in [1.54, 1.807) is 91.9 Å². The van der Waals surface area contributed by atoms with Crippen LogP contribution in [0.4, 0.5) is 17.6 Å². The molecule has 2 N–H and O–H groups in total. The zero-order chi connectivity index (χ0) is 57.8. The van der Waals surface area contributed by atoms with Crippen molar-refractivity contribution in [1.29, 1.82) is 0 Å². The third-order valence-corrected chi connectivity index (χ3v) is 11.4. The summed E-state index contributed by atoms with van der Waals surface area (Å²) < 4.78 is 60.2. The number of halogens is 10. The Morgan fingerprint density at radius 2 is 0.785 bits per heavy atom. The minimum absolute atomic E-state index is 0.101. The van der Waals surface area contributed by atoms with Gasteiger partial charge in [0.15, 0.2) is 0 Å². The average Bonchev–Trinajstić information content (AvgIpc) is 3.44. The molecule has 406 valence electrons. The van der Waals surface area contributed by atoms with Gasteiger partial charge in [-0.2, -0.15) is 0 Å². The van der Waals surface area contributed by atoms with E-state index in [2.05, 4.69) is 34.4 Å². The number of hydrogen-bond acceptors (Lipinski definition) is 12. The number of aliphatic hydroxyl groups is 2. The molecule has 0 radical (unpaired) electrons. The lowest BCUT2D eigenvalue weighted by Gasteiger charge is -2.08. The van der Waals surface area contributed by atoms with Crippen LogP contribution in [-0.4, -0.2) is 67.6 Å². The summed E-state index contributed by atoms with van der Waals surface area (Å²) in [6.07, 6.45) is 0.0790. The van der Waals surface area contributed by atoms with E-state index >= 15 is 0 Å². The molecule has 0 aliphatic rings. The second-order valence-electron chi connectivity index (χ2n) is 15.9. The fourth-order valence-electron chi connectivity index (χ4n) is 6.49. The van der Waals surface area contributed by atoms with Gasteiger partial charge in [-0.3, -0.25) is 4.79 Å². The first kappa shape index (κ1) is 62.5. The number of pyridine rings is 5. The lowest BCUT2D eigenvalue weighted by molar-refractivity contribution is 0.0592. The van der Waals surface area contributed by atoms with Crippen molar-refractivity contribution in [3.63, 3.8) is 0 Å². The maximum Gasteiger partial charge on any atom is 0.338 e. The first-order valence-corrected chi connectivity index (χ1v) is 24.9. The van der Waals surface area contributed by atoms with Gasteiger partial charge in [0.1, 0.15) is 60.5 Å². The quantitative estimate of drug-likeness (QED) is 0.0607. The second kappa shape index (κ2) is 30.7. The summed E-state index contributed by atoms with van der Waals surface area (Å²) in [7, 11) is 2.57. The molecule has 79 heavy (non-hydrogen) atoms. The van der Waals surface area contributed by atoms with Gasteiger partial charge in [-0.1, -0.05) is 69.6 Å². The number of rotatable bonds is 9. The number of aldehydes is 1. The summed E-state index contributed by atoms with van der Waals surface area (Å²) in [6, 6.07) is 39.0. The third-order valence-electron chi connectivity index (χ3n) is 10.2. The molecule has 5 aromatic heterocycles. The smallest absolute Gasteiger partial charge is 0.338 e. The summed E-state index contributed by atoms with van der Waals surface area (Å²) >= 11 is 34.4. The maximum absolute atomic E-state index is 12.8. The molecule has 0 fully saturated rings. The molecule has 0 aliphatic carbocycles. The maximum atomic E-state index is 12.8. The summed E-state index contributed by atoms with van der Waals surface area (Å²) in [5, 5.41) is 19.9. The highest BCUT2D eigenvalue weighted by Crippen LogP contribution is 2.27. The minimum Gasteiger partial charge on any atom is -0.465 e. The fraction of sp³-hybridized carbons (Fsp3) is 0.0877. The molecule has 0 saturated carbocycles. The molecule has 0 amide bonds. The lowest BCUT2D eigenvalue weighted by Crippen LogP contribution is -2.02. The second-order valence-corrected chi connectivity index (χ2v) is 18.3. The standard InChI is InChI=1S/C13H9ClFNO2.C13H11ClFNO.C12H9ClFNO.C12H7ClFNO.C7H5Cl2NO2/c1-18-13(17)9-6-11(16-12(14)7-9)8-2-4-10(15)5-3-8;1-8(17)10-6-12(16-13(14)7-10)9-2-4-11(15)5-3-9;2*13-12-6-8(7-16)5-11(15-12)9-1-3-10(14)4-2-9;1-12-7(11)4-2-5(8)10-6(9)3-4/h2-7H,1H3;2-8,17H,1H3;1-6,16H,7H2;1-7H;2-3H,1H3. The highest BCUT2D eigenvalue weighted by atomic mass is 35.5. The number of methoxy groups -OCH3 is 2. The van der Waals surface area contributed by atoms with E-state index in [0.29, 0.717) is 78.3 Å². The Labute approximate surface area is 480 Å². The molecule has 0 aliphatic heterocycles. The van der Waals surface area contributed by atoms with Crippen molar-refractivity contribution in [2.24, 2.45) is 0 Å². The summed E-state index contributed by atoms with van der Waals surface area (Å²) in [6.45, 7) is 1.55. The third kappa shape index (κ3) is 20.1. The molecular formula is C57H41Cl6F4N5O7. The Kier molecular flexibility index (Phi) is 24.3. The molecule has 9 rings (SSSR count). The Morgan fingerprint density at radius 3 is 1.15 bits per heavy atom. The Morgan fingerprint density at radius 1 is 0.468 bits per heavy atom. The van der Waals surface area contributed by atoms with Gasteiger partial charge in [0.2, 0.25) is 0 Å². The molecule has 4 aromatic carbocycles. The van der Waals surface area contributed by atoms with Gasteiger partial charge in [0.05, 0.1) is 60.8 Å². The largest absolute Gasteiger partial charge is 0.465 e. The van der Waals surface area contributed by atoms with Gasteiger partial charge in [0.25, 0.3) is 0 Å². The van der Waals surface area contributed by atoms with Crippen LogP contribution in [0.5, 0.6) is 0 Å². The van der Waals surface area contributed by atoms with E-state index in [-0.39, 0.29) is 50.5 Å². The predicted molar refractivity (Wildman–Crippen MR) is 297 cm³/mol. The number of aliphatic hydroxyl groups excluding tert-OH is 2.